The van der Waals surface area contributed by atoms with E-state index in [9.17, 15) is 9.59 Å². The minimum atomic E-state index is -0.366. The molecule has 0 spiro atoms. The van der Waals surface area contributed by atoms with Crippen LogP contribution in [0.3, 0.4) is 0 Å². The first-order chi connectivity index (χ1) is 14.0. The van der Waals surface area contributed by atoms with Gasteiger partial charge in [0, 0.05) is 25.5 Å². The van der Waals surface area contributed by atoms with Crippen molar-refractivity contribution in [1.29, 1.82) is 0 Å². The van der Waals surface area contributed by atoms with E-state index in [4.69, 9.17) is 4.74 Å². The number of hydrogen-bond acceptors (Lipinski definition) is 4. The lowest BCUT2D eigenvalue weighted by molar-refractivity contribution is 0.0974. The molecule has 8 heteroatoms. The molecular weight excluding hydrogens is 370 g/mol. The quantitative estimate of drug-likeness (QED) is 0.529. The maximum absolute atomic E-state index is 13.3. The molecule has 1 aliphatic heterocycles. The molecule has 4 heterocycles. The zero-order valence-corrected chi connectivity index (χ0v) is 16.5. The third-order valence-electron chi connectivity index (χ3n) is 5.73. The highest BCUT2D eigenvalue weighted by molar-refractivity contribution is 5.75. The summed E-state index contributed by atoms with van der Waals surface area (Å²) in [6.45, 7) is 3.71. The molecule has 0 amide bonds. The number of rotatable bonds is 4. The molecule has 1 saturated heterocycles. The Kier molecular flexibility index (Phi) is 4.16. The molecular formula is C21H23N5O3. The Bertz CT molecular complexity index is 1320. The first-order valence-corrected chi connectivity index (χ1v) is 9.88. The Hall–Kier alpha value is -3.13. The van der Waals surface area contributed by atoms with Crippen molar-refractivity contribution in [2.75, 3.05) is 6.61 Å². The molecule has 5 rings (SSSR count). The van der Waals surface area contributed by atoms with E-state index in [-0.39, 0.29) is 23.9 Å². The summed E-state index contributed by atoms with van der Waals surface area (Å²) in [6, 6.07) is 9.52. The van der Waals surface area contributed by atoms with Crippen molar-refractivity contribution in [3.63, 3.8) is 0 Å². The zero-order chi connectivity index (χ0) is 20.1. The van der Waals surface area contributed by atoms with E-state index >= 15 is 0 Å². The van der Waals surface area contributed by atoms with Gasteiger partial charge in [0.25, 0.3) is 5.56 Å². The van der Waals surface area contributed by atoms with Gasteiger partial charge in [-0.15, -0.1) is 0 Å². The predicted octanol–water partition coefficient (Wildman–Crippen LogP) is 1.69. The van der Waals surface area contributed by atoms with Crippen LogP contribution in [0.15, 0.2) is 46.1 Å². The maximum atomic E-state index is 13.3. The van der Waals surface area contributed by atoms with Crippen LogP contribution < -0.4 is 11.2 Å². The molecule has 4 aromatic rings. The van der Waals surface area contributed by atoms with Crippen LogP contribution >= 0.6 is 0 Å². The van der Waals surface area contributed by atoms with Crippen molar-refractivity contribution in [2.24, 2.45) is 7.05 Å². The van der Waals surface area contributed by atoms with Gasteiger partial charge in [-0.25, -0.2) is 4.79 Å². The average molecular weight is 393 g/mol. The van der Waals surface area contributed by atoms with Gasteiger partial charge >= 0.3 is 5.69 Å². The highest BCUT2D eigenvalue weighted by atomic mass is 16.5. The van der Waals surface area contributed by atoms with Crippen LogP contribution in [0.4, 0.5) is 0 Å². The second kappa shape index (κ2) is 6.73. The summed E-state index contributed by atoms with van der Waals surface area (Å²) in [7, 11) is 1.66. The summed E-state index contributed by atoms with van der Waals surface area (Å²) in [6.07, 6.45) is 4.16. The van der Waals surface area contributed by atoms with Crippen LogP contribution in [0.1, 0.15) is 24.1 Å². The van der Waals surface area contributed by atoms with Gasteiger partial charge in [0.2, 0.25) is 5.78 Å². The second-order valence-corrected chi connectivity index (χ2v) is 7.69. The van der Waals surface area contributed by atoms with Crippen LogP contribution in [0.25, 0.3) is 16.9 Å². The van der Waals surface area contributed by atoms with E-state index < -0.39 is 0 Å². The lowest BCUT2D eigenvalue weighted by Crippen LogP contribution is -2.39. The SMILES string of the molecule is Cc1cn2c3c(=O)n(Cc4ccccc4)c(=O)n(C)c3nc2n1C[C@@H]1CCCO1. The van der Waals surface area contributed by atoms with Gasteiger partial charge in [-0.2, -0.15) is 4.98 Å². The van der Waals surface area contributed by atoms with Crippen LogP contribution in [0.5, 0.6) is 0 Å². The first kappa shape index (κ1) is 17.9. The summed E-state index contributed by atoms with van der Waals surface area (Å²) in [5, 5.41) is 0. The van der Waals surface area contributed by atoms with Gasteiger partial charge in [0.15, 0.2) is 11.2 Å². The second-order valence-electron chi connectivity index (χ2n) is 7.69. The molecule has 150 valence electrons. The third-order valence-corrected chi connectivity index (χ3v) is 5.73. The van der Waals surface area contributed by atoms with E-state index in [1.54, 1.807) is 7.05 Å². The third kappa shape index (κ3) is 2.82. The Labute approximate surface area is 166 Å². The van der Waals surface area contributed by atoms with Crippen molar-refractivity contribution >= 4 is 16.9 Å². The fraction of sp³-hybridized carbons (Fsp3) is 0.381. The molecule has 1 aromatic carbocycles. The molecule has 0 saturated carbocycles. The predicted molar refractivity (Wildman–Crippen MR) is 109 cm³/mol. The summed E-state index contributed by atoms with van der Waals surface area (Å²) in [4.78, 5) is 30.9. The standard InChI is InChI=1S/C21H23N5O3/c1-14-11-25-17-18(22-20(25)24(14)13-16-9-6-10-29-16)23(2)21(28)26(19(17)27)12-15-7-4-3-5-8-15/h3-5,7-8,11,16H,6,9-10,12-13H2,1-2H3/t16-/m0/s1. The topological polar surface area (TPSA) is 75.5 Å². The van der Waals surface area contributed by atoms with Crippen LogP contribution in [0.2, 0.25) is 0 Å². The van der Waals surface area contributed by atoms with Crippen molar-refractivity contribution in [3.05, 3.63) is 68.6 Å². The van der Waals surface area contributed by atoms with Crippen LogP contribution in [0, 0.1) is 6.92 Å². The van der Waals surface area contributed by atoms with Crippen molar-refractivity contribution < 1.29 is 4.74 Å². The molecule has 0 aliphatic carbocycles. The average Bonchev–Trinajstić information content (AvgIpc) is 3.42. The molecule has 1 aliphatic rings. The number of benzene rings is 1. The van der Waals surface area contributed by atoms with E-state index in [1.807, 2.05) is 47.9 Å². The number of fused-ring (bicyclic) bond motifs is 3. The molecule has 1 atom stereocenters. The number of nitrogens with zero attached hydrogens (tertiary/aromatic N) is 5. The van der Waals surface area contributed by atoms with E-state index in [0.717, 1.165) is 30.7 Å². The van der Waals surface area contributed by atoms with E-state index in [1.165, 1.54) is 9.13 Å². The molecule has 3 aromatic heterocycles. The Balaban J connectivity index is 1.71. The lowest BCUT2D eigenvalue weighted by atomic mass is 10.2. The van der Waals surface area contributed by atoms with Gasteiger partial charge in [-0.3, -0.25) is 18.3 Å². The smallest absolute Gasteiger partial charge is 0.332 e. The number of hydrogen-bond donors (Lipinski definition) is 0. The molecule has 0 unspecified atom stereocenters. The van der Waals surface area contributed by atoms with Crippen LogP contribution in [-0.4, -0.2) is 35.8 Å². The van der Waals surface area contributed by atoms with Gasteiger partial charge in [0.1, 0.15) is 0 Å². The van der Waals surface area contributed by atoms with Crippen molar-refractivity contribution in [3.8, 4) is 0 Å². The molecule has 0 radical (unpaired) electrons. The number of aryl methyl sites for hydroxylation is 2. The van der Waals surface area contributed by atoms with E-state index in [2.05, 4.69) is 9.55 Å². The van der Waals surface area contributed by atoms with Gasteiger partial charge in [-0.1, -0.05) is 30.3 Å². The molecule has 1 fully saturated rings. The Morgan fingerprint density at radius 2 is 1.97 bits per heavy atom. The normalized spacial score (nSPS) is 17.0. The monoisotopic (exact) mass is 393 g/mol. The summed E-state index contributed by atoms with van der Waals surface area (Å²) >= 11 is 0. The summed E-state index contributed by atoms with van der Waals surface area (Å²) in [5.41, 5.74) is 2.04. The summed E-state index contributed by atoms with van der Waals surface area (Å²) < 4.78 is 12.4. The van der Waals surface area contributed by atoms with Crippen LogP contribution in [-0.2, 0) is 24.9 Å². The maximum Gasteiger partial charge on any atom is 0.332 e. The van der Waals surface area contributed by atoms with Gasteiger partial charge < -0.3 is 9.30 Å². The largest absolute Gasteiger partial charge is 0.376 e. The molecule has 0 N–H and O–H groups in total. The molecule has 8 nitrogen and oxygen atoms in total. The molecule has 29 heavy (non-hydrogen) atoms. The first-order valence-electron chi connectivity index (χ1n) is 9.88. The summed E-state index contributed by atoms with van der Waals surface area (Å²) in [5.74, 6) is 0.664. The van der Waals surface area contributed by atoms with E-state index in [0.29, 0.717) is 23.5 Å². The number of aromatic nitrogens is 5. The fourth-order valence-electron chi connectivity index (χ4n) is 4.18. The highest BCUT2D eigenvalue weighted by Crippen LogP contribution is 2.20. The highest BCUT2D eigenvalue weighted by Gasteiger charge is 2.23. The number of imidazole rings is 2. The van der Waals surface area contributed by atoms with Gasteiger partial charge in [-0.05, 0) is 25.3 Å². The van der Waals surface area contributed by atoms with Gasteiger partial charge in [0.05, 0.1) is 19.2 Å². The minimum Gasteiger partial charge on any atom is -0.376 e. The Morgan fingerprint density at radius 3 is 2.69 bits per heavy atom. The Morgan fingerprint density at radius 1 is 1.17 bits per heavy atom. The number of ether oxygens (including phenoxy) is 1. The zero-order valence-electron chi connectivity index (χ0n) is 16.5. The van der Waals surface area contributed by atoms with Crippen molar-refractivity contribution in [2.45, 2.75) is 39.0 Å². The minimum absolute atomic E-state index is 0.156. The molecule has 0 bridgehead atoms. The van der Waals surface area contributed by atoms with Crippen molar-refractivity contribution in [1.82, 2.24) is 23.1 Å². The fourth-order valence-corrected chi connectivity index (χ4v) is 4.18. The lowest BCUT2D eigenvalue weighted by Gasteiger charge is -2.11.